The highest BCUT2D eigenvalue weighted by Crippen LogP contribution is 2.27. The number of rotatable bonds is 6. The summed E-state index contributed by atoms with van der Waals surface area (Å²) < 4.78 is 10.8. The monoisotopic (exact) mass is 509 g/mol. The maximum Gasteiger partial charge on any atom is 0.264 e. The molecule has 0 spiro atoms. The highest BCUT2D eigenvalue weighted by atomic mass is 35.5. The van der Waals surface area contributed by atoms with E-state index in [1.54, 1.807) is 19.2 Å². The van der Waals surface area contributed by atoms with Gasteiger partial charge in [0.25, 0.3) is 5.91 Å². The van der Waals surface area contributed by atoms with Crippen LogP contribution in [0.2, 0.25) is 5.02 Å². The first kappa shape index (κ1) is 24.4. The average Bonchev–Trinajstić information content (AvgIpc) is 3.22. The molecule has 0 saturated carbocycles. The van der Waals surface area contributed by atoms with Crippen LogP contribution in [-0.4, -0.2) is 39.7 Å². The Kier molecular flexibility index (Phi) is 7.18. The molecule has 4 aromatic rings. The summed E-state index contributed by atoms with van der Waals surface area (Å²) >= 11 is 11.6. The van der Waals surface area contributed by atoms with Crippen LogP contribution in [0, 0.1) is 20.8 Å². The predicted octanol–water partition coefficient (Wildman–Crippen LogP) is 4.90. The van der Waals surface area contributed by atoms with Crippen LogP contribution in [0.5, 0.6) is 11.5 Å². The van der Waals surface area contributed by atoms with Gasteiger partial charge in [0, 0.05) is 5.69 Å². The maximum absolute atomic E-state index is 12.3. The molecule has 1 amide bonds. The maximum atomic E-state index is 12.3. The van der Waals surface area contributed by atoms with Crippen LogP contribution in [0.15, 0.2) is 48.5 Å². The van der Waals surface area contributed by atoms with Gasteiger partial charge in [-0.1, -0.05) is 17.7 Å². The lowest BCUT2D eigenvalue weighted by atomic mass is 10.1. The summed E-state index contributed by atoms with van der Waals surface area (Å²) in [6.07, 6.45) is 0. The summed E-state index contributed by atoms with van der Waals surface area (Å²) in [5.41, 5.74) is 5.91. The molecule has 180 valence electrons. The molecular formula is C25H24ClN5O3S. The van der Waals surface area contributed by atoms with Gasteiger partial charge in [-0.25, -0.2) is 0 Å². The van der Waals surface area contributed by atoms with Crippen molar-refractivity contribution < 1.29 is 14.3 Å². The first-order chi connectivity index (χ1) is 16.7. The minimum Gasteiger partial charge on any atom is -0.495 e. The molecule has 0 radical (unpaired) electrons. The summed E-state index contributed by atoms with van der Waals surface area (Å²) in [5.74, 6) is 0.843. The number of nitrogens with zero attached hydrogens (tertiary/aromatic N) is 3. The van der Waals surface area contributed by atoms with Crippen LogP contribution in [0.4, 0.5) is 5.69 Å². The molecule has 0 bridgehead atoms. The van der Waals surface area contributed by atoms with E-state index >= 15 is 0 Å². The number of carbonyl (C=O) groups excluding carboxylic acids is 1. The Balaban J connectivity index is 1.42. The lowest BCUT2D eigenvalue weighted by Crippen LogP contribution is -2.37. The molecule has 35 heavy (non-hydrogen) atoms. The van der Waals surface area contributed by atoms with E-state index in [9.17, 15) is 4.79 Å². The number of nitrogens with one attached hydrogen (secondary N) is 2. The lowest BCUT2D eigenvalue weighted by molar-refractivity contribution is -0.121. The number of methoxy groups -OCH3 is 1. The number of anilines is 1. The van der Waals surface area contributed by atoms with Gasteiger partial charge in [0.2, 0.25) is 0 Å². The van der Waals surface area contributed by atoms with Crippen molar-refractivity contribution >= 4 is 51.6 Å². The Morgan fingerprint density at radius 2 is 1.74 bits per heavy atom. The summed E-state index contributed by atoms with van der Waals surface area (Å²) in [4.78, 5) is 13.8. The molecule has 2 N–H and O–H groups in total. The molecule has 0 aliphatic heterocycles. The van der Waals surface area contributed by atoms with Crippen LogP contribution in [-0.2, 0) is 4.79 Å². The van der Waals surface area contributed by atoms with Gasteiger partial charge in [0.05, 0.1) is 17.8 Å². The SMILES string of the molecule is COc1ccc(-n2nc3cc(C)c(NC(=S)NC(=O)COc4ccc(C)c(C)c4)cc3n2)cc1Cl. The third-order valence-electron chi connectivity index (χ3n) is 5.44. The Bertz CT molecular complexity index is 1440. The van der Waals surface area contributed by atoms with Crippen molar-refractivity contribution in [3.8, 4) is 17.2 Å². The van der Waals surface area contributed by atoms with E-state index in [-0.39, 0.29) is 17.6 Å². The van der Waals surface area contributed by atoms with E-state index in [0.717, 1.165) is 16.7 Å². The zero-order valence-electron chi connectivity index (χ0n) is 19.7. The summed E-state index contributed by atoms with van der Waals surface area (Å²) in [6.45, 7) is 5.77. The topological polar surface area (TPSA) is 90.3 Å². The first-order valence-electron chi connectivity index (χ1n) is 10.8. The highest BCUT2D eigenvalue weighted by molar-refractivity contribution is 7.80. The summed E-state index contributed by atoms with van der Waals surface area (Å²) in [5, 5.41) is 15.4. The Labute approximate surface area is 213 Å². The number of hydrogen-bond acceptors (Lipinski definition) is 6. The zero-order valence-corrected chi connectivity index (χ0v) is 21.3. The molecule has 0 aliphatic rings. The van der Waals surface area contributed by atoms with Gasteiger partial charge < -0.3 is 14.8 Å². The number of aryl methyl sites for hydroxylation is 3. The van der Waals surface area contributed by atoms with Gasteiger partial charge in [-0.3, -0.25) is 10.1 Å². The second-order valence-electron chi connectivity index (χ2n) is 8.00. The minimum atomic E-state index is -0.359. The Morgan fingerprint density at radius 3 is 2.43 bits per heavy atom. The van der Waals surface area contributed by atoms with E-state index in [1.807, 2.05) is 57.2 Å². The van der Waals surface area contributed by atoms with Crippen LogP contribution >= 0.6 is 23.8 Å². The highest BCUT2D eigenvalue weighted by Gasteiger charge is 2.12. The molecule has 0 fully saturated rings. The van der Waals surface area contributed by atoms with E-state index in [1.165, 1.54) is 4.80 Å². The first-order valence-corrected chi connectivity index (χ1v) is 11.5. The molecule has 1 aromatic heterocycles. The quantitative estimate of drug-likeness (QED) is 0.357. The van der Waals surface area contributed by atoms with Crippen molar-refractivity contribution in [2.45, 2.75) is 20.8 Å². The van der Waals surface area contributed by atoms with Gasteiger partial charge in [-0.15, -0.1) is 10.2 Å². The zero-order chi connectivity index (χ0) is 25.1. The number of hydrogen-bond donors (Lipinski definition) is 2. The number of amides is 1. The number of benzene rings is 3. The Morgan fingerprint density at radius 1 is 1.00 bits per heavy atom. The molecule has 0 saturated heterocycles. The number of ether oxygens (including phenoxy) is 2. The molecule has 3 aromatic carbocycles. The van der Waals surface area contributed by atoms with Gasteiger partial charge in [0.1, 0.15) is 22.5 Å². The van der Waals surface area contributed by atoms with Gasteiger partial charge in [-0.2, -0.15) is 4.80 Å². The van der Waals surface area contributed by atoms with E-state index in [0.29, 0.717) is 38.9 Å². The minimum absolute atomic E-state index is 0.152. The van der Waals surface area contributed by atoms with Gasteiger partial charge in [0.15, 0.2) is 11.7 Å². The number of thiocarbonyl (C=S) groups is 1. The second kappa shape index (κ2) is 10.3. The van der Waals surface area contributed by atoms with Crippen LogP contribution in [0.1, 0.15) is 16.7 Å². The molecule has 0 aliphatic carbocycles. The Hall–Kier alpha value is -3.69. The van der Waals surface area contributed by atoms with E-state index < -0.39 is 0 Å². The standard InChI is InChI=1S/C25H24ClN5O3S/c1-14-5-7-18(9-15(14)2)34-13-24(32)28-25(35)27-20-12-22-21(10-16(20)3)29-31(30-22)17-6-8-23(33-4)19(26)11-17/h5-12H,13H2,1-4H3,(H2,27,28,32,35). The molecule has 4 rings (SSSR count). The smallest absolute Gasteiger partial charge is 0.264 e. The molecule has 0 unspecified atom stereocenters. The predicted molar refractivity (Wildman–Crippen MR) is 141 cm³/mol. The summed E-state index contributed by atoms with van der Waals surface area (Å²) in [6, 6.07) is 14.7. The third kappa shape index (κ3) is 5.70. The van der Waals surface area contributed by atoms with Crippen molar-refractivity contribution in [3.05, 3.63) is 70.2 Å². The summed E-state index contributed by atoms with van der Waals surface area (Å²) in [7, 11) is 1.56. The van der Waals surface area contributed by atoms with Crippen molar-refractivity contribution in [2.24, 2.45) is 0 Å². The van der Waals surface area contributed by atoms with Crippen molar-refractivity contribution in [1.82, 2.24) is 20.3 Å². The van der Waals surface area contributed by atoms with Crippen molar-refractivity contribution in [3.63, 3.8) is 0 Å². The fourth-order valence-electron chi connectivity index (χ4n) is 3.37. The number of fused-ring (bicyclic) bond motifs is 1. The molecule has 1 heterocycles. The lowest BCUT2D eigenvalue weighted by Gasteiger charge is -2.12. The van der Waals surface area contributed by atoms with Crippen LogP contribution < -0.4 is 20.1 Å². The van der Waals surface area contributed by atoms with Crippen LogP contribution in [0.25, 0.3) is 16.7 Å². The van der Waals surface area contributed by atoms with Crippen LogP contribution in [0.3, 0.4) is 0 Å². The molecule has 0 atom stereocenters. The number of aromatic nitrogens is 3. The fraction of sp³-hybridized carbons (Fsp3) is 0.200. The fourth-order valence-corrected chi connectivity index (χ4v) is 3.84. The molecular weight excluding hydrogens is 486 g/mol. The van der Waals surface area contributed by atoms with Gasteiger partial charge in [-0.05, 0) is 92.1 Å². The normalized spacial score (nSPS) is 10.8. The third-order valence-corrected chi connectivity index (χ3v) is 5.94. The average molecular weight is 510 g/mol. The second-order valence-corrected chi connectivity index (χ2v) is 8.82. The molecule has 10 heteroatoms. The van der Waals surface area contributed by atoms with E-state index in [4.69, 9.17) is 33.3 Å². The molecule has 8 nitrogen and oxygen atoms in total. The van der Waals surface area contributed by atoms with Crippen molar-refractivity contribution in [1.29, 1.82) is 0 Å². The van der Waals surface area contributed by atoms with Gasteiger partial charge >= 0.3 is 0 Å². The number of carbonyl (C=O) groups is 1. The van der Waals surface area contributed by atoms with Crippen molar-refractivity contribution in [2.75, 3.05) is 19.0 Å². The largest absolute Gasteiger partial charge is 0.495 e. The number of halogens is 1. The van der Waals surface area contributed by atoms with E-state index in [2.05, 4.69) is 20.8 Å².